The number of fused-ring (bicyclic) bond motifs is 6. The van der Waals surface area contributed by atoms with Gasteiger partial charge in [0.15, 0.2) is 11.6 Å². The Balaban J connectivity index is 1.26. The maximum atomic E-state index is 13.9. The second-order valence-electron chi connectivity index (χ2n) is 13.3. The number of ketones is 2. The van der Waals surface area contributed by atoms with Gasteiger partial charge in [-0.1, -0.05) is 121 Å². The van der Waals surface area contributed by atoms with Gasteiger partial charge in [-0.25, -0.2) is 0 Å². The van der Waals surface area contributed by atoms with E-state index in [9.17, 15) is 9.59 Å². The highest BCUT2D eigenvalue weighted by molar-refractivity contribution is 6.18. The second-order valence-corrected chi connectivity index (χ2v) is 13.3. The Kier molecular flexibility index (Phi) is 9.30. The number of hydrogen-bond acceptors (Lipinski definition) is 2. The van der Waals surface area contributed by atoms with Gasteiger partial charge >= 0.3 is 0 Å². The van der Waals surface area contributed by atoms with Crippen LogP contribution in [0.5, 0.6) is 0 Å². The molecule has 0 saturated heterocycles. The number of Topliss-reactive ketones (excluding diaryl/α,β-unsaturated/α-hetero) is 2. The van der Waals surface area contributed by atoms with Gasteiger partial charge in [-0.2, -0.15) is 0 Å². The number of rotatable bonds is 14. The first-order chi connectivity index (χ1) is 17.7. The van der Waals surface area contributed by atoms with Crippen LogP contribution in [0.1, 0.15) is 126 Å². The molecule has 0 spiro atoms. The highest BCUT2D eigenvalue weighted by Crippen LogP contribution is 2.62. The predicted molar refractivity (Wildman–Crippen MR) is 155 cm³/mol. The summed E-state index contributed by atoms with van der Waals surface area (Å²) in [5.41, 5.74) is 2.11. The van der Waals surface area contributed by atoms with Gasteiger partial charge in [0.25, 0.3) is 0 Å². The number of allylic oxidation sites excluding steroid dienone is 4. The minimum absolute atomic E-state index is 0.179. The number of hydrogen-bond donors (Lipinski definition) is 0. The zero-order chi connectivity index (χ0) is 26.6. The lowest BCUT2D eigenvalue weighted by atomic mass is 9.57. The quantitative estimate of drug-likeness (QED) is 0.237. The van der Waals surface area contributed by atoms with Crippen molar-refractivity contribution in [2.24, 2.45) is 40.9 Å². The molecule has 0 amide bonds. The molecule has 0 aromatic heterocycles. The fraction of sp³-hybridized carbons (Fsp3) is 0.657. The third-order valence-corrected chi connectivity index (χ3v) is 9.83. The standard InChI is InChI=1S/C35H50O2/c1-24(2)11-8-12-25(3)13-9-14-26(4)15-10-16-27(5)21-22-35-29-20-19-28(23-29)32(35)33(36)30-17-6-7-18-31(30)34(35)37/h6-7,17-21,24-26,28-29,32H,8-16,22-23H2,1-5H3/b27-21+/t25?,26?,28-,29+,32?,35+/m1/s1. The van der Waals surface area contributed by atoms with Gasteiger partial charge in [0.2, 0.25) is 0 Å². The van der Waals surface area contributed by atoms with E-state index in [0.717, 1.165) is 30.6 Å². The summed E-state index contributed by atoms with van der Waals surface area (Å²) in [5, 5.41) is 0. The highest BCUT2D eigenvalue weighted by Gasteiger charge is 2.64. The van der Waals surface area contributed by atoms with Crippen LogP contribution >= 0.6 is 0 Å². The van der Waals surface area contributed by atoms with Crippen LogP contribution in [-0.2, 0) is 0 Å². The van der Waals surface area contributed by atoms with E-state index in [1.54, 1.807) is 0 Å². The van der Waals surface area contributed by atoms with Crippen molar-refractivity contribution >= 4 is 11.6 Å². The van der Waals surface area contributed by atoms with Gasteiger partial charge in [-0.15, -0.1) is 0 Å². The molecule has 3 aliphatic rings. The third kappa shape index (κ3) is 6.04. The Hall–Kier alpha value is -1.96. The molecule has 1 aromatic carbocycles. The van der Waals surface area contributed by atoms with Crippen molar-refractivity contribution in [3.63, 3.8) is 0 Å². The molecule has 3 aliphatic carbocycles. The molecule has 0 radical (unpaired) electrons. The lowest BCUT2D eigenvalue weighted by Gasteiger charge is -2.43. The van der Waals surface area contributed by atoms with E-state index >= 15 is 0 Å². The molecule has 3 unspecified atom stereocenters. The molecular weight excluding hydrogens is 452 g/mol. The average Bonchev–Trinajstić information content (AvgIpc) is 3.47. The molecule has 2 bridgehead atoms. The predicted octanol–water partition coefficient (Wildman–Crippen LogP) is 9.65. The van der Waals surface area contributed by atoms with Gasteiger partial charge in [0.1, 0.15) is 0 Å². The van der Waals surface area contributed by atoms with Crippen LogP contribution in [0.25, 0.3) is 0 Å². The fourth-order valence-electron chi connectivity index (χ4n) is 7.54. The summed E-state index contributed by atoms with van der Waals surface area (Å²) in [4.78, 5) is 27.4. The van der Waals surface area contributed by atoms with Crippen molar-refractivity contribution < 1.29 is 9.59 Å². The van der Waals surface area contributed by atoms with E-state index in [1.807, 2.05) is 24.3 Å². The van der Waals surface area contributed by atoms with E-state index in [-0.39, 0.29) is 29.3 Å². The number of carbonyl (C=O) groups is 2. The molecule has 1 aromatic rings. The van der Waals surface area contributed by atoms with E-state index < -0.39 is 5.41 Å². The van der Waals surface area contributed by atoms with Gasteiger partial charge < -0.3 is 0 Å². The Labute approximate surface area is 226 Å². The first kappa shape index (κ1) is 28.1. The summed E-state index contributed by atoms with van der Waals surface area (Å²) in [6.45, 7) is 11.7. The Morgan fingerprint density at radius 3 is 2.19 bits per heavy atom. The molecule has 202 valence electrons. The minimum Gasteiger partial charge on any atom is -0.294 e. The molecule has 6 atom stereocenters. The van der Waals surface area contributed by atoms with Crippen LogP contribution in [0.2, 0.25) is 0 Å². The van der Waals surface area contributed by atoms with Crippen molar-refractivity contribution in [1.82, 2.24) is 0 Å². The van der Waals surface area contributed by atoms with Crippen LogP contribution in [0.15, 0.2) is 48.1 Å². The molecule has 1 fully saturated rings. The van der Waals surface area contributed by atoms with Crippen molar-refractivity contribution in [3.05, 3.63) is 59.2 Å². The highest BCUT2D eigenvalue weighted by atomic mass is 16.1. The molecule has 0 heterocycles. The summed E-state index contributed by atoms with van der Waals surface area (Å²) < 4.78 is 0. The van der Waals surface area contributed by atoms with Crippen molar-refractivity contribution in [3.8, 4) is 0 Å². The van der Waals surface area contributed by atoms with Crippen molar-refractivity contribution in [2.45, 2.75) is 105 Å². The Morgan fingerprint density at radius 1 is 0.892 bits per heavy atom. The van der Waals surface area contributed by atoms with Crippen molar-refractivity contribution in [2.75, 3.05) is 0 Å². The van der Waals surface area contributed by atoms with Gasteiger partial charge in [0, 0.05) is 17.0 Å². The zero-order valence-electron chi connectivity index (χ0n) is 24.1. The second kappa shape index (κ2) is 12.3. The maximum absolute atomic E-state index is 13.9. The smallest absolute Gasteiger partial charge is 0.171 e. The molecule has 2 nitrogen and oxygen atoms in total. The van der Waals surface area contributed by atoms with Gasteiger partial charge in [-0.05, 0) is 62.2 Å². The van der Waals surface area contributed by atoms with Crippen LogP contribution in [0.3, 0.4) is 0 Å². The summed E-state index contributed by atoms with van der Waals surface area (Å²) >= 11 is 0. The van der Waals surface area contributed by atoms with E-state index in [0.29, 0.717) is 17.5 Å². The summed E-state index contributed by atoms with van der Waals surface area (Å²) in [6, 6.07) is 7.51. The molecule has 2 heteroatoms. The van der Waals surface area contributed by atoms with E-state index in [2.05, 4.69) is 52.8 Å². The largest absolute Gasteiger partial charge is 0.294 e. The van der Waals surface area contributed by atoms with E-state index in [4.69, 9.17) is 0 Å². The molecule has 1 saturated carbocycles. The van der Waals surface area contributed by atoms with Crippen LogP contribution in [0.4, 0.5) is 0 Å². The lowest BCUT2D eigenvalue weighted by Crippen LogP contribution is -2.49. The van der Waals surface area contributed by atoms with Gasteiger partial charge in [0.05, 0.1) is 5.41 Å². The van der Waals surface area contributed by atoms with E-state index in [1.165, 1.54) is 56.9 Å². The molecule has 0 N–H and O–H groups in total. The monoisotopic (exact) mass is 502 g/mol. The summed E-state index contributed by atoms with van der Waals surface area (Å²) in [6.07, 6.45) is 20.2. The number of carbonyl (C=O) groups excluding carboxylic acids is 2. The van der Waals surface area contributed by atoms with Crippen molar-refractivity contribution in [1.29, 1.82) is 0 Å². The summed E-state index contributed by atoms with van der Waals surface area (Å²) in [7, 11) is 0. The maximum Gasteiger partial charge on any atom is 0.171 e. The topological polar surface area (TPSA) is 34.1 Å². The van der Waals surface area contributed by atoms with Crippen LogP contribution < -0.4 is 0 Å². The SMILES string of the molecule is C/C(=C\C[C@@]12C(=O)c3ccccc3C(=O)C1[C@@H]1C=C[C@H]2C1)CCCC(C)CCCC(C)CCCC(C)C. The normalized spacial score (nSPS) is 28.1. The zero-order valence-corrected chi connectivity index (χ0v) is 24.1. The Bertz CT molecular complexity index is 1010. The summed E-state index contributed by atoms with van der Waals surface area (Å²) in [5.74, 6) is 3.12. The fourth-order valence-corrected chi connectivity index (χ4v) is 7.54. The molecule has 37 heavy (non-hydrogen) atoms. The third-order valence-electron chi connectivity index (χ3n) is 9.83. The Morgan fingerprint density at radius 2 is 1.51 bits per heavy atom. The average molecular weight is 503 g/mol. The van der Waals surface area contributed by atoms with Crippen LogP contribution in [0, 0.1) is 40.9 Å². The number of benzene rings is 1. The minimum atomic E-state index is -0.564. The first-order valence-electron chi connectivity index (χ1n) is 15.3. The van der Waals surface area contributed by atoms with Crippen LogP contribution in [-0.4, -0.2) is 11.6 Å². The lowest BCUT2D eigenvalue weighted by molar-refractivity contribution is 0.0513. The van der Waals surface area contributed by atoms with Gasteiger partial charge in [-0.3, -0.25) is 9.59 Å². The first-order valence-corrected chi connectivity index (χ1v) is 15.3. The molecule has 0 aliphatic heterocycles. The molecule has 4 rings (SSSR count). The molecular formula is C35H50O2.